The van der Waals surface area contributed by atoms with Crippen LogP contribution >= 0.6 is 15.9 Å². The van der Waals surface area contributed by atoms with Gasteiger partial charge < -0.3 is 10.1 Å². The molecule has 4 nitrogen and oxygen atoms in total. The Labute approximate surface area is 126 Å². The lowest BCUT2D eigenvalue weighted by atomic mass is 10.0. The van der Waals surface area contributed by atoms with Crippen LogP contribution in [0, 0.1) is 13.8 Å². The maximum absolute atomic E-state index is 12.3. The van der Waals surface area contributed by atoms with E-state index < -0.39 is 0 Å². The van der Waals surface area contributed by atoms with E-state index in [0.29, 0.717) is 17.1 Å². The lowest BCUT2D eigenvalue weighted by Crippen LogP contribution is -2.14. The fourth-order valence-corrected chi connectivity index (χ4v) is 2.26. The van der Waals surface area contributed by atoms with E-state index in [4.69, 9.17) is 4.74 Å². The summed E-state index contributed by atoms with van der Waals surface area (Å²) in [6, 6.07) is 7.34. The molecular formula is C15H15BrN2O2. The van der Waals surface area contributed by atoms with Gasteiger partial charge in [-0.15, -0.1) is 0 Å². The monoisotopic (exact) mass is 334 g/mol. The molecule has 0 unspecified atom stereocenters. The number of rotatable bonds is 3. The summed E-state index contributed by atoms with van der Waals surface area (Å²) in [6.07, 6.45) is 1.63. The Morgan fingerprint density at radius 1 is 1.30 bits per heavy atom. The van der Waals surface area contributed by atoms with Gasteiger partial charge in [0.1, 0.15) is 11.6 Å². The molecule has 0 spiro atoms. The number of aryl methyl sites for hydroxylation is 2. The van der Waals surface area contributed by atoms with Gasteiger partial charge in [0.15, 0.2) is 0 Å². The summed E-state index contributed by atoms with van der Waals surface area (Å²) >= 11 is 3.30. The summed E-state index contributed by atoms with van der Waals surface area (Å²) in [5, 5.41) is 2.76. The van der Waals surface area contributed by atoms with Crippen molar-refractivity contribution in [3.8, 4) is 5.75 Å². The van der Waals surface area contributed by atoms with Crippen molar-refractivity contribution in [2.75, 3.05) is 12.4 Å². The van der Waals surface area contributed by atoms with Crippen LogP contribution < -0.4 is 10.1 Å². The van der Waals surface area contributed by atoms with Crippen molar-refractivity contribution in [1.29, 1.82) is 0 Å². The number of ether oxygens (including phenoxy) is 1. The number of carbonyl (C=O) groups is 1. The van der Waals surface area contributed by atoms with Crippen LogP contribution in [0.15, 0.2) is 34.9 Å². The Hall–Kier alpha value is -1.88. The van der Waals surface area contributed by atoms with Crippen LogP contribution in [0.5, 0.6) is 5.75 Å². The highest BCUT2D eigenvalue weighted by atomic mass is 79.9. The zero-order valence-electron chi connectivity index (χ0n) is 11.5. The third kappa shape index (κ3) is 3.17. The largest absolute Gasteiger partial charge is 0.496 e. The summed E-state index contributed by atoms with van der Waals surface area (Å²) in [4.78, 5) is 16.5. The van der Waals surface area contributed by atoms with Crippen LogP contribution in [0.25, 0.3) is 0 Å². The van der Waals surface area contributed by atoms with Gasteiger partial charge in [0.25, 0.3) is 5.91 Å². The van der Waals surface area contributed by atoms with Crippen molar-refractivity contribution in [2.45, 2.75) is 13.8 Å². The van der Waals surface area contributed by atoms with E-state index in [1.165, 1.54) is 0 Å². The molecule has 0 aliphatic heterocycles. The highest BCUT2D eigenvalue weighted by Gasteiger charge is 2.15. The van der Waals surface area contributed by atoms with Gasteiger partial charge in [-0.3, -0.25) is 4.79 Å². The number of hydrogen-bond donors (Lipinski definition) is 1. The Morgan fingerprint density at radius 3 is 2.65 bits per heavy atom. The molecule has 20 heavy (non-hydrogen) atoms. The smallest absolute Gasteiger partial charge is 0.260 e. The SMILES string of the molecule is COc1c(C)cc(C)cc1C(=O)Nc1ccc(Br)cn1. The number of aromatic nitrogens is 1. The highest BCUT2D eigenvalue weighted by molar-refractivity contribution is 9.10. The van der Waals surface area contributed by atoms with E-state index in [1.54, 1.807) is 25.4 Å². The predicted octanol–water partition coefficient (Wildman–Crippen LogP) is 3.72. The van der Waals surface area contributed by atoms with Gasteiger partial charge in [0.05, 0.1) is 12.7 Å². The van der Waals surface area contributed by atoms with Crippen LogP contribution in [-0.2, 0) is 0 Å². The minimum atomic E-state index is -0.233. The Kier molecular flexibility index (Phi) is 4.39. The van der Waals surface area contributed by atoms with E-state index >= 15 is 0 Å². The lowest BCUT2D eigenvalue weighted by Gasteiger charge is -2.12. The third-order valence-corrected chi connectivity index (χ3v) is 3.31. The molecule has 1 amide bonds. The summed E-state index contributed by atoms with van der Waals surface area (Å²) < 4.78 is 6.18. The van der Waals surface area contributed by atoms with E-state index in [0.717, 1.165) is 15.6 Å². The number of amides is 1. The van der Waals surface area contributed by atoms with Gasteiger partial charge in [0, 0.05) is 10.7 Å². The number of nitrogens with one attached hydrogen (secondary N) is 1. The minimum absolute atomic E-state index is 0.233. The summed E-state index contributed by atoms with van der Waals surface area (Å²) in [5.41, 5.74) is 2.45. The second-order valence-corrected chi connectivity index (χ2v) is 5.39. The standard InChI is InChI=1S/C15H15BrN2O2/c1-9-6-10(2)14(20-3)12(7-9)15(19)18-13-5-4-11(16)8-17-13/h4-8H,1-3H3,(H,17,18,19). The number of methoxy groups -OCH3 is 1. The molecule has 0 saturated carbocycles. The van der Waals surface area contributed by atoms with E-state index in [1.807, 2.05) is 26.0 Å². The molecule has 5 heteroatoms. The van der Waals surface area contributed by atoms with E-state index in [2.05, 4.69) is 26.2 Å². The quantitative estimate of drug-likeness (QED) is 0.930. The Balaban J connectivity index is 2.31. The fourth-order valence-electron chi connectivity index (χ4n) is 2.03. The van der Waals surface area contributed by atoms with Crippen molar-refractivity contribution in [2.24, 2.45) is 0 Å². The molecular weight excluding hydrogens is 320 g/mol. The predicted molar refractivity (Wildman–Crippen MR) is 82.4 cm³/mol. The number of nitrogens with zero attached hydrogens (tertiary/aromatic N) is 1. The van der Waals surface area contributed by atoms with Crippen LogP contribution in [0.2, 0.25) is 0 Å². The molecule has 2 rings (SSSR count). The fraction of sp³-hybridized carbons (Fsp3) is 0.200. The molecule has 0 atom stereocenters. The van der Waals surface area contributed by atoms with Crippen molar-refractivity contribution in [1.82, 2.24) is 4.98 Å². The van der Waals surface area contributed by atoms with Gasteiger partial charge in [-0.05, 0) is 59.1 Å². The average molecular weight is 335 g/mol. The van der Waals surface area contributed by atoms with Crippen molar-refractivity contribution < 1.29 is 9.53 Å². The third-order valence-electron chi connectivity index (χ3n) is 2.84. The summed E-state index contributed by atoms with van der Waals surface area (Å²) in [6.45, 7) is 3.86. The molecule has 0 radical (unpaired) electrons. The molecule has 0 bridgehead atoms. The van der Waals surface area contributed by atoms with Gasteiger partial charge in [-0.25, -0.2) is 4.98 Å². The minimum Gasteiger partial charge on any atom is -0.496 e. The number of halogens is 1. The average Bonchev–Trinajstić information content (AvgIpc) is 2.40. The zero-order chi connectivity index (χ0) is 14.7. The number of hydrogen-bond acceptors (Lipinski definition) is 3. The molecule has 1 heterocycles. The maximum Gasteiger partial charge on any atom is 0.260 e. The molecule has 0 aliphatic rings. The zero-order valence-corrected chi connectivity index (χ0v) is 13.1. The van der Waals surface area contributed by atoms with Gasteiger partial charge in [-0.2, -0.15) is 0 Å². The molecule has 1 N–H and O–H groups in total. The molecule has 0 fully saturated rings. The highest BCUT2D eigenvalue weighted by Crippen LogP contribution is 2.25. The second-order valence-electron chi connectivity index (χ2n) is 4.48. The first-order chi connectivity index (χ1) is 9.51. The van der Waals surface area contributed by atoms with Crippen LogP contribution in [0.1, 0.15) is 21.5 Å². The number of benzene rings is 1. The first-order valence-electron chi connectivity index (χ1n) is 6.09. The first kappa shape index (κ1) is 14.5. The maximum atomic E-state index is 12.3. The van der Waals surface area contributed by atoms with Crippen LogP contribution in [0.4, 0.5) is 5.82 Å². The molecule has 1 aromatic carbocycles. The summed E-state index contributed by atoms with van der Waals surface area (Å²) in [7, 11) is 1.56. The molecule has 104 valence electrons. The van der Waals surface area contributed by atoms with Gasteiger partial charge in [0.2, 0.25) is 0 Å². The van der Waals surface area contributed by atoms with Gasteiger partial charge in [-0.1, -0.05) is 6.07 Å². The topological polar surface area (TPSA) is 51.2 Å². The molecule has 1 aromatic heterocycles. The molecule has 2 aromatic rings. The molecule has 0 saturated heterocycles. The van der Waals surface area contributed by atoms with Gasteiger partial charge >= 0.3 is 0 Å². The Morgan fingerprint density at radius 2 is 2.05 bits per heavy atom. The number of anilines is 1. The first-order valence-corrected chi connectivity index (χ1v) is 6.88. The number of pyridine rings is 1. The second kappa shape index (κ2) is 6.05. The van der Waals surface area contributed by atoms with Crippen molar-refractivity contribution in [3.63, 3.8) is 0 Å². The summed E-state index contributed by atoms with van der Waals surface area (Å²) in [5.74, 6) is 0.855. The van der Waals surface area contributed by atoms with Crippen molar-refractivity contribution in [3.05, 3.63) is 51.6 Å². The van der Waals surface area contributed by atoms with Crippen molar-refractivity contribution >= 4 is 27.7 Å². The molecule has 0 aliphatic carbocycles. The van der Waals surface area contributed by atoms with E-state index in [9.17, 15) is 4.79 Å². The normalized spacial score (nSPS) is 10.2. The Bertz CT molecular complexity index is 639. The lowest BCUT2D eigenvalue weighted by molar-refractivity contribution is 0.102. The van der Waals surface area contributed by atoms with E-state index in [-0.39, 0.29) is 5.91 Å². The van der Waals surface area contributed by atoms with Crippen LogP contribution in [-0.4, -0.2) is 18.0 Å². The number of carbonyl (C=O) groups excluding carboxylic acids is 1. The van der Waals surface area contributed by atoms with Crippen LogP contribution in [0.3, 0.4) is 0 Å².